The van der Waals surface area contributed by atoms with Crippen molar-refractivity contribution in [2.24, 2.45) is 0 Å². The second-order valence-corrected chi connectivity index (χ2v) is 7.21. The Morgan fingerprint density at radius 2 is 1.81 bits per heavy atom. The normalized spacial score (nSPS) is 20.9. The highest BCUT2D eigenvalue weighted by Gasteiger charge is 2.52. The molecule has 1 heterocycles. The lowest BCUT2D eigenvalue weighted by atomic mass is 9.78. The molecule has 0 aromatic heterocycles. The maximum atomic E-state index is 6.26. The number of hydrogen-bond donors (Lipinski definition) is 1. The molecule has 2 rings (SSSR count). The first-order valence-corrected chi connectivity index (χ1v) is 8.10. The lowest BCUT2D eigenvalue weighted by molar-refractivity contribution is 0.00578. The van der Waals surface area contributed by atoms with Gasteiger partial charge in [-0.1, -0.05) is 35.4 Å². The van der Waals surface area contributed by atoms with E-state index in [2.05, 4.69) is 18.7 Å². The molecule has 21 heavy (non-hydrogen) atoms. The Bertz CT molecular complexity index is 553. The molecule has 5 heteroatoms. The smallest absolute Gasteiger partial charge is 0.400 e. The van der Waals surface area contributed by atoms with Crippen molar-refractivity contribution in [3.8, 4) is 0 Å². The average molecular weight is 325 g/mol. The predicted molar refractivity (Wildman–Crippen MR) is 94.1 cm³/mol. The van der Waals surface area contributed by atoms with E-state index >= 15 is 0 Å². The summed E-state index contributed by atoms with van der Waals surface area (Å²) in [5, 5.41) is 0.719. The van der Waals surface area contributed by atoms with Gasteiger partial charge in [0.25, 0.3) is 0 Å². The topological polar surface area (TPSA) is 18.5 Å². The summed E-state index contributed by atoms with van der Waals surface area (Å²) in [6.45, 7) is 10.2. The molecule has 0 aliphatic carbocycles. The molecule has 0 radical (unpaired) electrons. The quantitative estimate of drug-likeness (QED) is 0.647. The number of hydrogen-bond acceptors (Lipinski definition) is 3. The zero-order valence-corrected chi connectivity index (χ0v) is 14.9. The molecule has 0 saturated carbocycles. The summed E-state index contributed by atoms with van der Waals surface area (Å²) in [6.07, 6.45) is 2.02. The third kappa shape index (κ3) is 3.50. The fraction of sp³-hybridized carbons (Fsp3) is 0.500. The van der Waals surface area contributed by atoms with Crippen molar-refractivity contribution in [2.45, 2.75) is 45.8 Å². The standard InChI is InChI=1S/C16H22BClO2S/c1-11-6-7-14(18)12(8-11)9-13(10-21)17-19-15(2,3)16(4,5)20-17/h6-9,21H,10H2,1-5H3. The van der Waals surface area contributed by atoms with E-state index in [-0.39, 0.29) is 18.3 Å². The molecular formula is C16H22BClO2S. The molecule has 1 aliphatic heterocycles. The van der Waals surface area contributed by atoms with Crippen molar-refractivity contribution in [1.29, 1.82) is 0 Å². The molecule has 0 bridgehead atoms. The van der Waals surface area contributed by atoms with Crippen LogP contribution in [0.4, 0.5) is 0 Å². The van der Waals surface area contributed by atoms with Crippen LogP contribution in [0.3, 0.4) is 0 Å². The van der Waals surface area contributed by atoms with E-state index in [0.717, 1.165) is 21.6 Å². The van der Waals surface area contributed by atoms with E-state index in [1.165, 1.54) is 0 Å². The van der Waals surface area contributed by atoms with E-state index < -0.39 is 0 Å². The van der Waals surface area contributed by atoms with Crippen LogP contribution in [0.5, 0.6) is 0 Å². The van der Waals surface area contributed by atoms with E-state index in [4.69, 9.17) is 20.9 Å². The summed E-state index contributed by atoms with van der Waals surface area (Å²) in [7, 11) is -0.385. The first kappa shape index (κ1) is 16.9. The van der Waals surface area contributed by atoms with Gasteiger partial charge in [-0.15, -0.1) is 0 Å². The highest BCUT2D eigenvalue weighted by molar-refractivity contribution is 7.80. The Morgan fingerprint density at radius 3 is 2.33 bits per heavy atom. The lowest BCUT2D eigenvalue weighted by Gasteiger charge is -2.32. The van der Waals surface area contributed by atoms with Crippen LogP contribution in [0.2, 0.25) is 5.02 Å². The van der Waals surface area contributed by atoms with E-state index in [0.29, 0.717) is 5.75 Å². The summed E-state index contributed by atoms with van der Waals surface area (Å²) in [5.74, 6) is 0.557. The van der Waals surface area contributed by atoms with Gasteiger partial charge in [-0.2, -0.15) is 12.6 Å². The van der Waals surface area contributed by atoms with Crippen molar-refractivity contribution >= 4 is 37.4 Å². The summed E-state index contributed by atoms with van der Waals surface area (Å²) in [6, 6.07) is 5.95. The minimum atomic E-state index is -0.385. The highest BCUT2D eigenvalue weighted by Crippen LogP contribution is 2.39. The van der Waals surface area contributed by atoms with Crippen molar-refractivity contribution < 1.29 is 9.31 Å². The maximum absolute atomic E-state index is 6.26. The van der Waals surface area contributed by atoms with Crippen LogP contribution in [0, 0.1) is 6.92 Å². The molecule has 1 aliphatic rings. The van der Waals surface area contributed by atoms with Gasteiger partial charge in [0.15, 0.2) is 0 Å². The van der Waals surface area contributed by atoms with Crippen molar-refractivity contribution in [1.82, 2.24) is 0 Å². The van der Waals surface area contributed by atoms with Gasteiger partial charge >= 0.3 is 7.12 Å². The summed E-state index contributed by atoms with van der Waals surface area (Å²) < 4.78 is 12.2. The van der Waals surface area contributed by atoms with Crippen LogP contribution >= 0.6 is 24.2 Å². The number of halogens is 1. The molecule has 0 unspecified atom stereocenters. The van der Waals surface area contributed by atoms with Gasteiger partial charge in [0.05, 0.1) is 11.2 Å². The van der Waals surface area contributed by atoms with E-state index in [9.17, 15) is 0 Å². The fourth-order valence-corrected chi connectivity index (χ4v) is 2.57. The van der Waals surface area contributed by atoms with E-state index in [1.807, 2.05) is 52.8 Å². The number of rotatable bonds is 3. The average Bonchev–Trinajstić information content (AvgIpc) is 2.59. The number of aryl methyl sites for hydroxylation is 1. The van der Waals surface area contributed by atoms with E-state index in [1.54, 1.807) is 0 Å². The minimum Gasteiger partial charge on any atom is -0.400 e. The van der Waals surface area contributed by atoms with Crippen LogP contribution in [0.15, 0.2) is 23.7 Å². The SMILES string of the molecule is Cc1ccc(Cl)c(C=C(CS)B2OC(C)(C)C(C)(C)O2)c1. The molecule has 1 saturated heterocycles. The van der Waals surface area contributed by atoms with Gasteiger partial charge in [-0.3, -0.25) is 0 Å². The van der Waals surface area contributed by atoms with Crippen LogP contribution in [0.1, 0.15) is 38.8 Å². The number of thiol groups is 1. The predicted octanol–water partition coefficient (Wildman–Crippen LogP) is 4.59. The summed E-state index contributed by atoms with van der Waals surface area (Å²) >= 11 is 10.7. The van der Waals surface area contributed by atoms with Crippen LogP contribution in [-0.4, -0.2) is 24.1 Å². The molecule has 1 fully saturated rings. The van der Waals surface area contributed by atoms with Crippen LogP contribution < -0.4 is 0 Å². The maximum Gasteiger partial charge on any atom is 0.491 e. The zero-order chi connectivity index (χ0) is 15.8. The third-order valence-electron chi connectivity index (χ3n) is 4.23. The summed E-state index contributed by atoms with van der Waals surface area (Å²) in [4.78, 5) is 0. The van der Waals surface area contributed by atoms with Gasteiger partial charge in [0, 0.05) is 10.8 Å². The fourth-order valence-electron chi connectivity index (χ4n) is 2.16. The van der Waals surface area contributed by atoms with Crippen LogP contribution in [-0.2, 0) is 9.31 Å². The molecule has 114 valence electrons. The Kier molecular flexibility index (Phi) is 4.84. The molecular weight excluding hydrogens is 303 g/mol. The highest BCUT2D eigenvalue weighted by atomic mass is 35.5. The second-order valence-electron chi connectivity index (χ2n) is 6.49. The Labute approximate surface area is 138 Å². The van der Waals surface area contributed by atoms with Crippen molar-refractivity contribution in [3.05, 3.63) is 39.8 Å². The molecule has 0 amide bonds. The molecule has 1 aromatic carbocycles. The molecule has 2 nitrogen and oxygen atoms in total. The first-order chi connectivity index (χ1) is 9.66. The monoisotopic (exact) mass is 324 g/mol. The largest absolute Gasteiger partial charge is 0.491 e. The lowest BCUT2D eigenvalue weighted by Crippen LogP contribution is -2.41. The summed E-state index contributed by atoms with van der Waals surface area (Å²) in [5.41, 5.74) is 2.41. The Balaban J connectivity index is 2.33. The van der Waals surface area contributed by atoms with Gasteiger partial charge in [-0.25, -0.2) is 0 Å². The second kappa shape index (κ2) is 6.00. The van der Waals surface area contributed by atoms with Gasteiger partial charge in [0.1, 0.15) is 0 Å². The van der Waals surface area contributed by atoms with Gasteiger partial charge in [0.2, 0.25) is 0 Å². The number of benzene rings is 1. The third-order valence-corrected chi connectivity index (χ3v) is 4.94. The van der Waals surface area contributed by atoms with Crippen molar-refractivity contribution in [3.63, 3.8) is 0 Å². The zero-order valence-electron chi connectivity index (χ0n) is 13.2. The molecule has 0 atom stereocenters. The molecule has 0 N–H and O–H groups in total. The Hall–Kier alpha value is -0.415. The minimum absolute atomic E-state index is 0.351. The van der Waals surface area contributed by atoms with Gasteiger partial charge < -0.3 is 9.31 Å². The Morgan fingerprint density at radius 1 is 1.24 bits per heavy atom. The van der Waals surface area contributed by atoms with Crippen molar-refractivity contribution in [2.75, 3.05) is 5.75 Å². The first-order valence-electron chi connectivity index (χ1n) is 7.09. The van der Waals surface area contributed by atoms with Gasteiger partial charge in [-0.05, 0) is 51.7 Å². The molecule has 1 aromatic rings. The molecule has 0 spiro atoms. The van der Waals surface area contributed by atoms with Crippen LogP contribution in [0.25, 0.3) is 6.08 Å².